The van der Waals surface area contributed by atoms with Gasteiger partial charge in [0.05, 0.1) is 5.69 Å². The third-order valence-electron chi connectivity index (χ3n) is 1.46. The fraction of sp³-hybridized carbons (Fsp3) is 0. The van der Waals surface area contributed by atoms with Crippen LogP contribution >= 0.6 is 0 Å². The summed E-state index contributed by atoms with van der Waals surface area (Å²) in [6.07, 6.45) is 8.61. The molecule has 1 aromatic heterocycles. The molecule has 0 bridgehead atoms. The minimum Gasteiger partial charge on any atom is -0.240 e. The predicted molar refractivity (Wildman–Crippen MR) is 52.4 cm³/mol. The van der Waals surface area contributed by atoms with Crippen LogP contribution in [0.3, 0.4) is 0 Å². The molecule has 0 amide bonds. The van der Waals surface area contributed by atoms with Gasteiger partial charge in [-0.05, 0) is 23.8 Å². The first-order valence-electron chi connectivity index (χ1n) is 3.53. The summed E-state index contributed by atoms with van der Waals surface area (Å²) >= 11 is 0. The highest BCUT2D eigenvalue weighted by molar-refractivity contribution is 5.55. The van der Waals surface area contributed by atoms with Crippen molar-refractivity contribution in [1.29, 1.82) is 0 Å². The standard InChI is InChI=1S/C11H9N/c1-4-9-7-10(5-2)12-11(6-3)8-9/h2,4,6-8H,1,3H2. The molecule has 0 N–H and O–H groups in total. The summed E-state index contributed by atoms with van der Waals surface area (Å²) in [6.45, 7) is 7.27. The van der Waals surface area contributed by atoms with Crippen LogP contribution in [0, 0.1) is 12.3 Å². The first kappa shape index (κ1) is 8.29. The lowest BCUT2D eigenvalue weighted by Gasteiger charge is -1.97. The van der Waals surface area contributed by atoms with E-state index in [0.717, 1.165) is 11.3 Å². The summed E-state index contributed by atoms with van der Waals surface area (Å²) in [5.74, 6) is 2.47. The van der Waals surface area contributed by atoms with Gasteiger partial charge in [-0.15, -0.1) is 6.42 Å². The average molecular weight is 155 g/mol. The number of hydrogen-bond donors (Lipinski definition) is 0. The summed E-state index contributed by atoms with van der Waals surface area (Å²) < 4.78 is 0. The van der Waals surface area contributed by atoms with Crippen molar-refractivity contribution < 1.29 is 0 Å². The van der Waals surface area contributed by atoms with Gasteiger partial charge in [-0.2, -0.15) is 0 Å². The zero-order chi connectivity index (χ0) is 8.97. The van der Waals surface area contributed by atoms with E-state index in [1.807, 2.05) is 6.07 Å². The molecule has 1 nitrogen and oxygen atoms in total. The smallest absolute Gasteiger partial charge is 0.114 e. The van der Waals surface area contributed by atoms with Gasteiger partial charge in [0, 0.05) is 0 Å². The van der Waals surface area contributed by atoms with Crippen molar-refractivity contribution in [2.24, 2.45) is 0 Å². The Balaban J connectivity index is 3.30. The lowest BCUT2D eigenvalue weighted by molar-refractivity contribution is 1.25. The maximum absolute atomic E-state index is 5.22. The second-order valence-electron chi connectivity index (χ2n) is 2.26. The average Bonchev–Trinajstić information content (AvgIpc) is 2.16. The first-order chi connectivity index (χ1) is 5.80. The maximum atomic E-state index is 5.22. The third-order valence-corrected chi connectivity index (χ3v) is 1.46. The van der Waals surface area contributed by atoms with Crippen LogP contribution in [0.2, 0.25) is 0 Å². The second-order valence-corrected chi connectivity index (χ2v) is 2.26. The van der Waals surface area contributed by atoms with Crippen molar-refractivity contribution in [1.82, 2.24) is 4.98 Å². The first-order valence-corrected chi connectivity index (χ1v) is 3.53. The van der Waals surface area contributed by atoms with Crippen molar-refractivity contribution in [2.75, 3.05) is 0 Å². The van der Waals surface area contributed by atoms with Crippen LogP contribution in [-0.4, -0.2) is 4.98 Å². The summed E-state index contributed by atoms with van der Waals surface area (Å²) in [5, 5.41) is 0. The lowest BCUT2D eigenvalue weighted by Crippen LogP contribution is -1.87. The Morgan fingerprint density at radius 2 is 2.08 bits per heavy atom. The molecule has 0 unspecified atom stereocenters. The van der Waals surface area contributed by atoms with Gasteiger partial charge < -0.3 is 0 Å². The molecule has 1 aromatic rings. The van der Waals surface area contributed by atoms with Gasteiger partial charge in [0.2, 0.25) is 0 Å². The maximum Gasteiger partial charge on any atom is 0.114 e. The number of aromatic nitrogens is 1. The largest absolute Gasteiger partial charge is 0.240 e. The molecule has 58 valence electrons. The quantitative estimate of drug-likeness (QED) is 0.597. The molecule has 0 saturated heterocycles. The Kier molecular flexibility index (Phi) is 2.45. The highest BCUT2D eigenvalue weighted by Gasteiger charge is 1.94. The molecule has 0 aliphatic heterocycles. The highest BCUT2D eigenvalue weighted by Crippen LogP contribution is 2.07. The van der Waals surface area contributed by atoms with Crippen LogP contribution in [0.15, 0.2) is 25.3 Å². The predicted octanol–water partition coefficient (Wildman–Crippen LogP) is 2.35. The number of hydrogen-bond acceptors (Lipinski definition) is 1. The summed E-state index contributed by atoms with van der Waals surface area (Å²) in [7, 11) is 0. The number of rotatable bonds is 2. The monoisotopic (exact) mass is 155 g/mol. The fourth-order valence-electron chi connectivity index (χ4n) is 0.870. The molecule has 0 atom stereocenters. The molecule has 1 heterocycles. The Bertz CT molecular complexity index is 330. The van der Waals surface area contributed by atoms with Crippen molar-refractivity contribution in [3.8, 4) is 12.3 Å². The van der Waals surface area contributed by atoms with Gasteiger partial charge in [0.1, 0.15) is 5.69 Å². The van der Waals surface area contributed by atoms with E-state index in [9.17, 15) is 0 Å². The van der Waals surface area contributed by atoms with Crippen LogP contribution < -0.4 is 0 Å². The van der Waals surface area contributed by atoms with Crippen LogP contribution in [0.4, 0.5) is 0 Å². The SMILES string of the molecule is C#Cc1cc(C=C)cc(C=C)n1. The summed E-state index contributed by atoms with van der Waals surface area (Å²) in [4.78, 5) is 4.12. The Morgan fingerprint density at radius 3 is 2.58 bits per heavy atom. The Labute approximate surface area is 72.5 Å². The van der Waals surface area contributed by atoms with Gasteiger partial charge >= 0.3 is 0 Å². The topological polar surface area (TPSA) is 12.9 Å². The Hall–Kier alpha value is -1.81. The fourth-order valence-corrected chi connectivity index (χ4v) is 0.870. The molecule has 0 aliphatic rings. The van der Waals surface area contributed by atoms with Crippen molar-refractivity contribution in [3.63, 3.8) is 0 Å². The van der Waals surface area contributed by atoms with Crippen LogP contribution in [0.1, 0.15) is 17.0 Å². The number of terminal acetylenes is 1. The van der Waals surface area contributed by atoms with E-state index >= 15 is 0 Å². The van der Waals surface area contributed by atoms with Crippen molar-refractivity contribution >= 4 is 12.2 Å². The van der Waals surface area contributed by atoms with E-state index < -0.39 is 0 Å². The molecule has 0 radical (unpaired) electrons. The van der Waals surface area contributed by atoms with Crippen LogP contribution in [0.25, 0.3) is 12.2 Å². The normalized spacial score (nSPS) is 8.58. The molecule has 1 rings (SSSR count). The van der Waals surface area contributed by atoms with Gasteiger partial charge in [-0.25, -0.2) is 4.98 Å². The summed E-state index contributed by atoms with van der Waals surface area (Å²) in [6, 6.07) is 3.68. The molecule has 0 fully saturated rings. The molecule has 0 saturated carbocycles. The highest BCUT2D eigenvalue weighted by atomic mass is 14.7. The molecular formula is C11H9N. The molecule has 0 aromatic carbocycles. The van der Waals surface area contributed by atoms with Crippen LogP contribution in [-0.2, 0) is 0 Å². The van der Waals surface area contributed by atoms with E-state index in [1.165, 1.54) is 0 Å². The van der Waals surface area contributed by atoms with Gasteiger partial charge in [-0.1, -0.05) is 25.2 Å². The number of nitrogens with zero attached hydrogens (tertiary/aromatic N) is 1. The second kappa shape index (κ2) is 3.54. The van der Waals surface area contributed by atoms with E-state index in [1.54, 1.807) is 18.2 Å². The van der Waals surface area contributed by atoms with E-state index in [4.69, 9.17) is 6.42 Å². The van der Waals surface area contributed by atoms with E-state index in [0.29, 0.717) is 5.69 Å². The Morgan fingerprint density at radius 1 is 1.33 bits per heavy atom. The van der Waals surface area contributed by atoms with Crippen LogP contribution in [0.5, 0.6) is 0 Å². The zero-order valence-electron chi connectivity index (χ0n) is 6.75. The minimum atomic E-state index is 0.613. The van der Waals surface area contributed by atoms with Crippen molar-refractivity contribution in [3.05, 3.63) is 42.2 Å². The number of pyridine rings is 1. The third kappa shape index (κ3) is 1.62. The zero-order valence-corrected chi connectivity index (χ0v) is 6.75. The molecular weight excluding hydrogens is 146 g/mol. The van der Waals surface area contributed by atoms with Gasteiger partial charge in [0.25, 0.3) is 0 Å². The molecule has 0 aliphatic carbocycles. The van der Waals surface area contributed by atoms with Gasteiger partial charge in [-0.3, -0.25) is 0 Å². The molecule has 0 spiro atoms. The molecule has 12 heavy (non-hydrogen) atoms. The minimum absolute atomic E-state index is 0.613. The molecule has 1 heteroatoms. The summed E-state index contributed by atoms with van der Waals surface area (Å²) in [5.41, 5.74) is 2.36. The van der Waals surface area contributed by atoms with E-state index in [2.05, 4.69) is 24.1 Å². The van der Waals surface area contributed by atoms with Gasteiger partial charge in [0.15, 0.2) is 0 Å². The lowest BCUT2D eigenvalue weighted by atomic mass is 10.2. The van der Waals surface area contributed by atoms with E-state index in [-0.39, 0.29) is 0 Å². The van der Waals surface area contributed by atoms with Crippen molar-refractivity contribution in [2.45, 2.75) is 0 Å².